The summed E-state index contributed by atoms with van der Waals surface area (Å²) in [6.07, 6.45) is 0. The van der Waals surface area contributed by atoms with Crippen molar-refractivity contribution in [3.63, 3.8) is 0 Å². The fourth-order valence-corrected chi connectivity index (χ4v) is 3.57. The van der Waals surface area contributed by atoms with Gasteiger partial charge in [0.1, 0.15) is 0 Å². The summed E-state index contributed by atoms with van der Waals surface area (Å²) in [6.45, 7) is 0. The zero-order valence-electron chi connectivity index (χ0n) is 9.49. The maximum Gasteiger partial charge on any atom is 0.194 e. The predicted molar refractivity (Wildman–Crippen MR) is 72.9 cm³/mol. The van der Waals surface area contributed by atoms with Crippen molar-refractivity contribution in [1.82, 2.24) is 0 Å². The number of benzene rings is 1. The van der Waals surface area contributed by atoms with E-state index >= 15 is 0 Å². The first-order chi connectivity index (χ1) is 9.15. The monoisotopic (exact) mass is 296 g/mol. The van der Waals surface area contributed by atoms with Gasteiger partial charge in [0, 0.05) is 14.6 Å². The van der Waals surface area contributed by atoms with Crippen molar-refractivity contribution < 1.29 is 13.2 Å². The maximum absolute atomic E-state index is 13.2. The van der Waals surface area contributed by atoms with Crippen molar-refractivity contribution in [2.45, 2.75) is 0 Å². The third kappa shape index (κ3) is 2.31. The van der Waals surface area contributed by atoms with Crippen LogP contribution >= 0.6 is 22.7 Å². The molecule has 0 nitrogen and oxygen atoms in total. The Bertz CT molecular complexity index is 691. The van der Waals surface area contributed by atoms with Gasteiger partial charge >= 0.3 is 0 Å². The van der Waals surface area contributed by atoms with Crippen molar-refractivity contribution >= 4 is 22.7 Å². The van der Waals surface area contributed by atoms with Crippen molar-refractivity contribution in [2.24, 2.45) is 0 Å². The zero-order chi connectivity index (χ0) is 13.4. The summed E-state index contributed by atoms with van der Waals surface area (Å²) in [7, 11) is 0. The van der Waals surface area contributed by atoms with Crippen LogP contribution in [0.25, 0.3) is 20.2 Å². The first kappa shape index (κ1) is 12.4. The van der Waals surface area contributed by atoms with Crippen molar-refractivity contribution in [3.8, 4) is 20.2 Å². The van der Waals surface area contributed by atoms with Crippen molar-refractivity contribution in [3.05, 3.63) is 59.2 Å². The van der Waals surface area contributed by atoms with Gasteiger partial charge in [0.2, 0.25) is 0 Å². The molecule has 0 fully saturated rings. The molecule has 19 heavy (non-hydrogen) atoms. The summed E-state index contributed by atoms with van der Waals surface area (Å²) in [5.41, 5.74) is 0.351. The molecular weight excluding hydrogens is 289 g/mol. The van der Waals surface area contributed by atoms with Gasteiger partial charge in [0.15, 0.2) is 17.5 Å². The largest absolute Gasteiger partial charge is 0.204 e. The lowest BCUT2D eigenvalue weighted by atomic mass is 10.1. The number of halogens is 3. The third-order valence-electron chi connectivity index (χ3n) is 2.64. The predicted octanol–water partition coefficient (Wildman–Crippen LogP) is 5.56. The van der Waals surface area contributed by atoms with E-state index in [1.54, 1.807) is 17.4 Å². The minimum Gasteiger partial charge on any atom is -0.204 e. The van der Waals surface area contributed by atoms with Gasteiger partial charge < -0.3 is 0 Å². The Hall–Kier alpha value is -1.59. The molecule has 0 aliphatic carbocycles. The van der Waals surface area contributed by atoms with Gasteiger partial charge in [-0.05, 0) is 41.3 Å². The van der Waals surface area contributed by atoms with E-state index in [1.807, 2.05) is 23.6 Å². The van der Waals surface area contributed by atoms with E-state index in [1.165, 1.54) is 11.3 Å². The molecule has 0 saturated carbocycles. The quantitative estimate of drug-likeness (QED) is 0.543. The normalized spacial score (nSPS) is 10.9. The molecule has 0 unspecified atom stereocenters. The number of hydrogen-bond acceptors (Lipinski definition) is 2. The molecule has 0 radical (unpaired) electrons. The van der Waals surface area contributed by atoms with Crippen LogP contribution in [0, 0.1) is 17.5 Å². The first-order valence-electron chi connectivity index (χ1n) is 5.44. The van der Waals surface area contributed by atoms with E-state index < -0.39 is 17.5 Å². The Morgan fingerprint density at radius 1 is 0.789 bits per heavy atom. The standard InChI is InChI=1S/C14H7F3S2/c15-9-6-8(7-10(16)14(9)17)11-3-4-13(19-11)12-2-1-5-18-12/h1-7H. The molecule has 0 spiro atoms. The highest BCUT2D eigenvalue weighted by Crippen LogP contribution is 2.37. The number of thiophene rings is 2. The Balaban J connectivity index is 2.04. The molecular formula is C14H7F3S2. The van der Waals surface area contributed by atoms with Gasteiger partial charge in [0.25, 0.3) is 0 Å². The highest BCUT2D eigenvalue weighted by atomic mass is 32.1. The van der Waals surface area contributed by atoms with E-state index in [0.717, 1.165) is 21.9 Å². The Labute approximate surface area is 115 Å². The van der Waals surface area contributed by atoms with Crippen LogP contribution in [0.1, 0.15) is 0 Å². The van der Waals surface area contributed by atoms with E-state index in [0.29, 0.717) is 10.4 Å². The molecule has 0 amide bonds. The van der Waals surface area contributed by atoms with Crippen LogP contribution in [-0.4, -0.2) is 0 Å². The molecule has 96 valence electrons. The molecule has 2 aromatic heterocycles. The van der Waals surface area contributed by atoms with E-state index in [-0.39, 0.29) is 0 Å². The van der Waals surface area contributed by atoms with E-state index in [4.69, 9.17) is 0 Å². The molecule has 0 atom stereocenters. The SMILES string of the molecule is Fc1cc(-c2ccc(-c3cccs3)s2)cc(F)c1F. The smallest absolute Gasteiger partial charge is 0.194 e. The lowest BCUT2D eigenvalue weighted by molar-refractivity contribution is 0.448. The van der Waals surface area contributed by atoms with Gasteiger partial charge in [0.05, 0.1) is 0 Å². The minimum absolute atomic E-state index is 0.351. The number of hydrogen-bond donors (Lipinski definition) is 0. The summed E-state index contributed by atoms with van der Waals surface area (Å²) >= 11 is 3.02. The summed E-state index contributed by atoms with van der Waals surface area (Å²) < 4.78 is 39.3. The Morgan fingerprint density at radius 3 is 2.11 bits per heavy atom. The van der Waals surface area contributed by atoms with Crippen LogP contribution in [0.15, 0.2) is 41.8 Å². The van der Waals surface area contributed by atoms with Crippen molar-refractivity contribution in [2.75, 3.05) is 0 Å². The number of rotatable bonds is 2. The summed E-state index contributed by atoms with van der Waals surface area (Å²) in [6, 6.07) is 9.63. The minimum atomic E-state index is -1.43. The molecule has 2 heterocycles. The highest BCUT2D eigenvalue weighted by Gasteiger charge is 2.13. The second-order valence-corrected chi connectivity index (χ2v) is 5.93. The summed E-state index contributed by atoms with van der Waals surface area (Å²) in [5, 5.41) is 1.96. The van der Waals surface area contributed by atoms with Crippen LogP contribution in [0.4, 0.5) is 13.2 Å². The molecule has 0 aliphatic heterocycles. The molecule has 3 aromatic rings. The fraction of sp³-hybridized carbons (Fsp3) is 0. The zero-order valence-corrected chi connectivity index (χ0v) is 11.1. The van der Waals surface area contributed by atoms with Crippen LogP contribution in [0.3, 0.4) is 0 Å². The third-order valence-corrected chi connectivity index (χ3v) is 4.84. The maximum atomic E-state index is 13.2. The lowest BCUT2D eigenvalue weighted by Crippen LogP contribution is -1.90. The van der Waals surface area contributed by atoms with Gasteiger partial charge in [-0.1, -0.05) is 6.07 Å². The van der Waals surface area contributed by atoms with E-state index in [2.05, 4.69) is 0 Å². The molecule has 0 bridgehead atoms. The lowest BCUT2D eigenvalue weighted by Gasteiger charge is -2.00. The summed E-state index contributed by atoms with van der Waals surface area (Å²) in [4.78, 5) is 2.83. The Kier molecular flexibility index (Phi) is 3.16. The van der Waals surface area contributed by atoms with Gasteiger partial charge in [-0.3, -0.25) is 0 Å². The van der Waals surface area contributed by atoms with Gasteiger partial charge in [-0.2, -0.15) is 0 Å². The molecule has 0 N–H and O–H groups in total. The second-order valence-electron chi connectivity index (χ2n) is 3.90. The highest BCUT2D eigenvalue weighted by molar-refractivity contribution is 7.23. The van der Waals surface area contributed by atoms with Crippen LogP contribution in [0.5, 0.6) is 0 Å². The van der Waals surface area contributed by atoms with Crippen molar-refractivity contribution in [1.29, 1.82) is 0 Å². The molecule has 0 aliphatic rings. The van der Waals surface area contributed by atoms with Crippen LogP contribution in [-0.2, 0) is 0 Å². The molecule has 0 saturated heterocycles. The fourth-order valence-electron chi connectivity index (χ4n) is 1.74. The van der Waals surface area contributed by atoms with Crippen LogP contribution < -0.4 is 0 Å². The molecule has 1 aromatic carbocycles. The topological polar surface area (TPSA) is 0 Å². The Morgan fingerprint density at radius 2 is 1.47 bits per heavy atom. The second kappa shape index (κ2) is 4.83. The average Bonchev–Trinajstić information content (AvgIpc) is 3.05. The first-order valence-corrected chi connectivity index (χ1v) is 7.13. The van der Waals surface area contributed by atoms with Gasteiger partial charge in [-0.25, -0.2) is 13.2 Å². The average molecular weight is 296 g/mol. The molecule has 3 rings (SSSR count). The summed E-state index contributed by atoms with van der Waals surface area (Å²) in [5.74, 6) is -3.76. The molecule has 5 heteroatoms. The van der Waals surface area contributed by atoms with Crippen LogP contribution in [0.2, 0.25) is 0 Å². The van der Waals surface area contributed by atoms with E-state index in [9.17, 15) is 13.2 Å². The van der Waals surface area contributed by atoms with Gasteiger partial charge in [-0.15, -0.1) is 22.7 Å².